The highest BCUT2D eigenvalue weighted by molar-refractivity contribution is 9.10. The van der Waals surface area contributed by atoms with E-state index in [0.717, 1.165) is 0 Å². The van der Waals surface area contributed by atoms with E-state index in [9.17, 15) is 8.42 Å². The zero-order valence-electron chi connectivity index (χ0n) is 11.2. The number of ether oxygens (including phenoxy) is 2. The van der Waals surface area contributed by atoms with Crippen LogP contribution in [0.4, 0.5) is 0 Å². The predicted octanol–water partition coefficient (Wildman–Crippen LogP) is 2.11. The maximum atomic E-state index is 12.3. The molecule has 0 aliphatic heterocycles. The number of hydrogen-bond donors (Lipinski definition) is 0. The number of nitrogens with zero attached hydrogens (tertiary/aromatic N) is 1. The lowest BCUT2D eigenvalue weighted by Gasteiger charge is -2.17. The van der Waals surface area contributed by atoms with Gasteiger partial charge in [0.25, 0.3) is 0 Å². The van der Waals surface area contributed by atoms with Crippen molar-refractivity contribution in [2.24, 2.45) is 0 Å². The molecule has 19 heavy (non-hydrogen) atoms. The Morgan fingerprint density at radius 1 is 1.37 bits per heavy atom. The lowest BCUT2D eigenvalue weighted by molar-refractivity contribution is 0.138. The molecule has 0 saturated heterocycles. The highest BCUT2D eigenvalue weighted by atomic mass is 79.9. The molecule has 0 unspecified atom stereocenters. The molecule has 7 heteroatoms. The van der Waals surface area contributed by atoms with Crippen LogP contribution < -0.4 is 4.74 Å². The molecule has 5 nitrogen and oxygen atoms in total. The standard InChI is InChI=1S/C12H18BrNO4S/c1-4-18-8-7-14(2)19(15,16)10-5-6-12(17-3)11(13)9-10/h5-6,9H,4,7-8H2,1-3H3. The van der Waals surface area contributed by atoms with Crippen LogP contribution in [0, 0.1) is 0 Å². The van der Waals surface area contributed by atoms with Crippen molar-refractivity contribution < 1.29 is 17.9 Å². The van der Waals surface area contributed by atoms with E-state index in [-0.39, 0.29) is 4.90 Å². The molecule has 0 atom stereocenters. The van der Waals surface area contributed by atoms with Crippen LogP contribution in [0.2, 0.25) is 0 Å². The summed E-state index contributed by atoms with van der Waals surface area (Å²) in [5, 5.41) is 0. The smallest absolute Gasteiger partial charge is 0.242 e. The van der Waals surface area contributed by atoms with Gasteiger partial charge in [-0.15, -0.1) is 0 Å². The van der Waals surface area contributed by atoms with Crippen LogP contribution >= 0.6 is 15.9 Å². The van der Waals surface area contributed by atoms with Gasteiger partial charge in [-0.3, -0.25) is 0 Å². The highest BCUT2D eigenvalue weighted by Crippen LogP contribution is 2.28. The number of rotatable bonds is 7. The Labute approximate surface area is 122 Å². The van der Waals surface area contributed by atoms with Gasteiger partial charge in [0, 0.05) is 20.2 Å². The molecule has 0 aliphatic rings. The molecular formula is C12H18BrNO4S. The quantitative estimate of drug-likeness (QED) is 0.706. The minimum atomic E-state index is -3.50. The summed E-state index contributed by atoms with van der Waals surface area (Å²) in [5.41, 5.74) is 0. The maximum absolute atomic E-state index is 12.3. The Morgan fingerprint density at radius 3 is 2.58 bits per heavy atom. The van der Waals surface area contributed by atoms with Crippen molar-refractivity contribution in [3.63, 3.8) is 0 Å². The van der Waals surface area contributed by atoms with Gasteiger partial charge in [-0.25, -0.2) is 8.42 Å². The highest BCUT2D eigenvalue weighted by Gasteiger charge is 2.21. The minimum absolute atomic E-state index is 0.221. The number of sulfonamides is 1. The third kappa shape index (κ3) is 4.17. The van der Waals surface area contributed by atoms with Gasteiger partial charge in [-0.1, -0.05) is 0 Å². The molecule has 0 amide bonds. The van der Waals surface area contributed by atoms with Crippen molar-refractivity contribution in [2.45, 2.75) is 11.8 Å². The fourth-order valence-corrected chi connectivity index (χ4v) is 3.32. The van der Waals surface area contributed by atoms with Crippen LogP contribution in [0.25, 0.3) is 0 Å². The van der Waals surface area contributed by atoms with Crippen LogP contribution in [0.5, 0.6) is 5.75 Å². The number of hydrogen-bond acceptors (Lipinski definition) is 4. The summed E-state index contributed by atoms with van der Waals surface area (Å²) >= 11 is 3.28. The lowest BCUT2D eigenvalue weighted by Crippen LogP contribution is -2.30. The normalized spacial score (nSPS) is 11.8. The van der Waals surface area contributed by atoms with Crippen LogP contribution in [-0.2, 0) is 14.8 Å². The first-order valence-corrected chi connectivity index (χ1v) is 8.04. The van der Waals surface area contributed by atoms with Crippen molar-refractivity contribution in [3.8, 4) is 5.75 Å². The Bertz CT molecular complexity index is 518. The monoisotopic (exact) mass is 351 g/mol. The number of benzene rings is 1. The van der Waals surface area contributed by atoms with Gasteiger partial charge in [0.1, 0.15) is 5.75 Å². The zero-order valence-corrected chi connectivity index (χ0v) is 13.6. The Morgan fingerprint density at radius 2 is 2.05 bits per heavy atom. The Balaban J connectivity index is 2.90. The molecule has 0 bridgehead atoms. The molecular weight excluding hydrogens is 334 g/mol. The van der Waals surface area contributed by atoms with Gasteiger partial charge in [0.05, 0.1) is 23.1 Å². The fraction of sp³-hybridized carbons (Fsp3) is 0.500. The SMILES string of the molecule is CCOCCN(C)S(=O)(=O)c1ccc(OC)c(Br)c1. The summed E-state index contributed by atoms with van der Waals surface area (Å²) in [7, 11) is -0.435. The summed E-state index contributed by atoms with van der Waals surface area (Å²) in [4.78, 5) is 0.221. The second kappa shape index (κ2) is 7.23. The van der Waals surface area contributed by atoms with E-state index >= 15 is 0 Å². The molecule has 0 aromatic heterocycles. The number of methoxy groups -OCH3 is 1. The molecule has 108 valence electrons. The molecule has 0 aliphatic carbocycles. The van der Waals surface area contributed by atoms with E-state index in [1.807, 2.05) is 6.92 Å². The summed E-state index contributed by atoms with van der Waals surface area (Å²) in [6.07, 6.45) is 0. The Kier molecular flexibility index (Phi) is 6.25. The van der Waals surface area contributed by atoms with Crippen molar-refractivity contribution in [1.82, 2.24) is 4.31 Å². The van der Waals surface area contributed by atoms with Crippen LogP contribution in [-0.4, -0.2) is 46.6 Å². The molecule has 0 spiro atoms. The third-order valence-corrected chi connectivity index (χ3v) is 5.06. The summed E-state index contributed by atoms with van der Waals surface area (Å²) in [6, 6.07) is 4.68. The van der Waals surface area contributed by atoms with Gasteiger partial charge in [0.15, 0.2) is 0 Å². The number of halogens is 1. The topological polar surface area (TPSA) is 55.8 Å². The number of likely N-dealkylation sites (N-methyl/N-ethyl adjacent to an activating group) is 1. The van der Waals surface area contributed by atoms with E-state index in [1.165, 1.54) is 30.6 Å². The molecule has 1 aromatic rings. The van der Waals surface area contributed by atoms with Crippen LogP contribution in [0.1, 0.15) is 6.92 Å². The van der Waals surface area contributed by atoms with E-state index in [1.54, 1.807) is 6.07 Å². The largest absolute Gasteiger partial charge is 0.496 e. The molecule has 0 N–H and O–H groups in total. The molecule has 1 aromatic carbocycles. The average Bonchev–Trinajstić information content (AvgIpc) is 2.38. The van der Waals surface area contributed by atoms with E-state index in [2.05, 4.69) is 15.9 Å². The van der Waals surface area contributed by atoms with Crippen molar-refractivity contribution in [3.05, 3.63) is 22.7 Å². The van der Waals surface area contributed by atoms with E-state index in [0.29, 0.717) is 30.0 Å². The zero-order chi connectivity index (χ0) is 14.5. The van der Waals surface area contributed by atoms with Gasteiger partial charge in [-0.05, 0) is 41.1 Å². The van der Waals surface area contributed by atoms with E-state index in [4.69, 9.17) is 9.47 Å². The minimum Gasteiger partial charge on any atom is -0.496 e. The van der Waals surface area contributed by atoms with E-state index < -0.39 is 10.0 Å². The van der Waals surface area contributed by atoms with Gasteiger partial charge >= 0.3 is 0 Å². The first-order chi connectivity index (χ1) is 8.93. The summed E-state index contributed by atoms with van der Waals surface area (Å²) in [6.45, 7) is 3.14. The predicted molar refractivity (Wildman–Crippen MR) is 77.0 cm³/mol. The van der Waals surface area contributed by atoms with Gasteiger partial charge < -0.3 is 9.47 Å². The summed E-state index contributed by atoms with van der Waals surface area (Å²) < 4.78 is 36.7. The van der Waals surface area contributed by atoms with Crippen molar-refractivity contribution in [1.29, 1.82) is 0 Å². The first kappa shape index (κ1) is 16.4. The van der Waals surface area contributed by atoms with Gasteiger partial charge in [-0.2, -0.15) is 4.31 Å². The maximum Gasteiger partial charge on any atom is 0.242 e. The first-order valence-electron chi connectivity index (χ1n) is 5.81. The molecule has 0 fully saturated rings. The second-order valence-corrected chi connectivity index (χ2v) is 6.72. The average molecular weight is 352 g/mol. The Hall–Kier alpha value is -0.630. The molecule has 0 saturated carbocycles. The fourth-order valence-electron chi connectivity index (χ4n) is 1.45. The molecule has 1 rings (SSSR count). The van der Waals surface area contributed by atoms with Crippen LogP contribution in [0.15, 0.2) is 27.6 Å². The second-order valence-electron chi connectivity index (χ2n) is 3.82. The molecule has 0 heterocycles. The molecule has 0 radical (unpaired) electrons. The van der Waals surface area contributed by atoms with Crippen LogP contribution in [0.3, 0.4) is 0 Å². The lowest BCUT2D eigenvalue weighted by atomic mass is 10.3. The third-order valence-electron chi connectivity index (χ3n) is 2.59. The summed E-state index contributed by atoms with van der Waals surface area (Å²) in [5.74, 6) is 0.593. The van der Waals surface area contributed by atoms with Crippen molar-refractivity contribution in [2.75, 3.05) is 33.9 Å². The van der Waals surface area contributed by atoms with Crippen molar-refractivity contribution >= 4 is 26.0 Å². The van der Waals surface area contributed by atoms with Gasteiger partial charge in [0.2, 0.25) is 10.0 Å².